The zero-order chi connectivity index (χ0) is 31.4. The van der Waals surface area contributed by atoms with Gasteiger partial charge in [-0.25, -0.2) is 4.98 Å². The Morgan fingerprint density at radius 3 is 2.45 bits per heavy atom. The molecule has 0 radical (unpaired) electrons. The molecule has 4 aromatic rings. The third kappa shape index (κ3) is 7.01. The highest BCUT2D eigenvalue weighted by molar-refractivity contribution is 6.39. The van der Waals surface area contributed by atoms with Crippen molar-refractivity contribution in [2.24, 2.45) is 0 Å². The molecule has 0 bridgehead atoms. The van der Waals surface area contributed by atoms with Crippen LogP contribution in [0.5, 0.6) is 11.6 Å². The van der Waals surface area contributed by atoms with Crippen molar-refractivity contribution in [3.8, 4) is 45.3 Å². The SMILES string of the molecule is COc1cc(-c2nccc(-c3cccc(-c4ccc(CNC[C@H](C)O)c(OC)n4)c3Cl)c2Cl)cc2c1CN(C[C@@H](C)O)CC2. The van der Waals surface area contributed by atoms with Gasteiger partial charge in [0.25, 0.3) is 0 Å². The van der Waals surface area contributed by atoms with E-state index in [1.54, 1.807) is 27.3 Å². The highest BCUT2D eigenvalue weighted by Crippen LogP contribution is 2.43. The van der Waals surface area contributed by atoms with Crippen LogP contribution in [0.2, 0.25) is 10.0 Å². The molecular formula is C34H38Cl2N4O4. The average molecular weight is 638 g/mol. The summed E-state index contributed by atoms with van der Waals surface area (Å²) in [6.45, 7) is 6.70. The molecule has 0 spiro atoms. The van der Waals surface area contributed by atoms with E-state index in [1.165, 1.54) is 5.56 Å². The number of fused-ring (bicyclic) bond motifs is 1. The Balaban J connectivity index is 1.48. The zero-order valence-corrected chi connectivity index (χ0v) is 26.9. The van der Waals surface area contributed by atoms with Crippen molar-refractivity contribution in [1.29, 1.82) is 0 Å². The van der Waals surface area contributed by atoms with Gasteiger partial charge in [0.2, 0.25) is 5.88 Å². The Morgan fingerprint density at radius 2 is 1.73 bits per heavy atom. The number of halogens is 2. The molecule has 0 amide bonds. The highest BCUT2D eigenvalue weighted by Gasteiger charge is 2.24. The van der Waals surface area contributed by atoms with Crippen molar-refractivity contribution in [2.45, 2.75) is 45.6 Å². The summed E-state index contributed by atoms with van der Waals surface area (Å²) in [6, 6.07) is 15.6. The van der Waals surface area contributed by atoms with Crippen LogP contribution < -0.4 is 14.8 Å². The van der Waals surface area contributed by atoms with Crippen molar-refractivity contribution in [3.63, 3.8) is 0 Å². The molecule has 8 nitrogen and oxygen atoms in total. The van der Waals surface area contributed by atoms with Gasteiger partial charge in [-0.2, -0.15) is 0 Å². The van der Waals surface area contributed by atoms with Crippen molar-refractivity contribution >= 4 is 23.2 Å². The van der Waals surface area contributed by atoms with Crippen LogP contribution in [-0.4, -0.2) is 71.1 Å². The van der Waals surface area contributed by atoms with E-state index in [4.69, 9.17) is 37.7 Å². The largest absolute Gasteiger partial charge is 0.496 e. The number of ether oxygens (including phenoxy) is 2. The number of aromatic nitrogens is 2. The molecule has 0 fully saturated rings. The van der Waals surface area contributed by atoms with Gasteiger partial charge in [-0.15, -0.1) is 0 Å². The maximum atomic E-state index is 9.88. The van der Waals surface area contributed by atoms with Crippen molar-refractivity contribution < 1.29 is 19.7 Å². The van der Waals surface area contributed by atoms with Crippen molar-refractivity contribution in [3.05, 3.63) is 81.5 Å². The molecular weight excluding hydrogens is 599 g/mol. The monoisotopic (exact) mass is 636 g/mol. The molecule has 10 heteroatoms. The number of nitrogens with one attached hydrogen (secondary N) is 1. The van der Waals surface area contributed by atoms with Crippen LogP contribution in [0.25, 0.3) is 33.6 Å². The van der Waals surface area contributed by atoms with E-state index in [1.807, 2.05) is 49.4 Å². The van der Waals surface area contributed by atoms with Gasteiger partial charge in [0.15, 0.2) is 0 Å². The minimum absolute atomic E-state index is 0.390. The molecule has 2 aromatic heterocycles. The predicted molar refractivity (Wildman–Crippen MR) is 176 cm³/mol. The normalized spacial score (nSPS) is 14.6. The minimum atomic E-state index is -0.447. The Morgan fingerprint density at radius 1 is 0.955 bits per heavy atom. The highest BCUT2D eigenvalue weighted by atomic mass is 35.5. The second kappa shape index (κ2) is 14.2. The van der Waals surface area contributed by atoms with Crippen molar-refractivity contribution in [2.75, 3.05) is 33.9 Å². The van der Waals surface area contributed by atoms with Gasteiger partial charge in [-0.3, -0.25) is 9.88 Å². The first-order valence-electron chi connectivity index (χ1n) is 14.7. The zero-order valence-electron chi connectivity index (χ0n) is 25.4. The van der Waals surface area contributed by atoms with E-state index in [2.05, 4.69) is 21.3 Å². The molecule has 232 valence electrons. The number of β-amino-alcohol motifs (C(OH)–C–C–N with tert-alkyl or cyclic N) is 1. The van der Waals surface area contributed by atoms with E-state index in [-0.39, 0.29) is 0 Å². The van der Waals surface area contributed by atoms with Crippen molar-refractivity contribution in [1.82, 2.24) is 20.2 Å². The molecule has 3 heterocycles. The lowest BCUT2D eigenvalue weighted by Crippen LogP contribution is -2.35. The first kappa shape index (κ1) is 32.2. The Bertz CT molecular complexity index is 1610. The summed E-state index contributed by atoms with van der Waals surface area (Å²) in [5, 5.41) is 23.6. The Kier molecular flexibility index (Phi) is 10.4. The number of aliphatic hydroxyl groups excluding tert-OH is 2. The lowest BCUT2D eigenvalue weighted by Gasteiger charge is -2.31. The number of aliphatic hydroxyl groups is 2. The van der Waals surface area contributed by atoms with Crippen LogP contribution in [-0.2, 0) is 19.5 Å². The molecule has 0 aliphatic carbocycles. The van der Waals surface area contributed by atoms with Gasteiger partial charge >= 0.3 is 0 Å². The molecule has 3 N–H and O–H groups in total. The minimum Gasteiger partial charge on any atom is -0.496 e. The lowest BCUT2D eigenvalue weighted by atomic mass is 9.93. The second-order valence-electron chi connectivity index (χ2n) is 11.2. The molecule has 0 unspecified atom stereocenters. The fraction of sp³-hybridized carbons (Fsp3) is 0.353. The van der Waals surface area contributed by atoms with E-state index >= 15 is 0 Å². The van der Waals surface area contributed by atoms with Crippen LogP contribution in [0.1, 0.15) is 30.5 Å². The average Bonchev–Trinajstić information content (AvgIpc) is 3.00. The maximum Gasteiger partial charge on any atom is 0.218 e. The lowest BCUT2D eigenvalue weighted by molar-refractivity contribution is 0.118. The molecule has 0 saturated heterocycles. The van der Waals surface area contributed by atoms with E-state index in [9.17, 15) is 10.2 Å². The third-order valence-electron chi connectivity index (χ3n) is 7.74. The summed E-state index contributed by atoms with van der Waals surface area (Å²) in [5.74, 6) is 1.27. The van der Waals surface area contributed by atoms with Gasteiger partial charge < -0.3 is 25.0 Å². The van der Waals surface area contributed by atoms with E-state index in [0.29, 0.717) is 53.5 Å². The topological polar surface area (TPSA) is 100.0 Å². The smallest absolute Gasteiger partial charge is 0.218 e. The maximum absolute atomic E-state index is 9.88. The number of methoxy groups -OCH3 is 2. The fourth-order valence-electron chi connectivity index (χ4n) is 5.67. The van der Waals surface area contributed by atoms with Crippen LogP contribution in [0.4, 0.5) is 0 Å². The molecule has 0 saturated carbocycles. The van der Waals surface area contributed by atoms with E-state index in [0.717, 1.165) is 52.1 Å². The number of rotatable bonds is 11. The quantitative estimate of drug-likeness (QED) is 0.184. The number of hydrogen-bond acceptors (Lipinski definition) is 8. The van der Waals surface area contributed by atoms with Gasteiger partial charge in [0.05, 0.1) is 47.9 Å². The number of nitrogens with zero attached hydrogens (tertiary/aromatic N) is 3. The summed E-state index contributed by atoms with van der Waals surface area (Å²) < 4.78 is 11.4. The fourth-order valence-corrected chi connectivity index (χ4v) is 6.32. The summed E-state index contributed by atoms with van der Waals surface area (Å²) >= 11 is 14.1. The van der Waals surface area contributed by atoms with Gasteiger partial charge in [0, 0.05) is 72.3 Å². The van der Waals surface area contributed by atoms with Gasteiger partial charge in [-0.05, 0) is 50.1 Å². The van der Waals surface area contributed by atoms with Crippen LogP contribution in [0.15, 0.2) is 54.7 Å². The van der Waals surface area contributed by atoms with Gasteiger partial charge in [0.1, 0.15) is 5.75 Å². The summed E-state index contributed by atoms with van der Waals surface area (Å²) in [6.07, 6.45) is 1.74. The van der Waals surface area contributed by atoms with Crippen LogP contribution in [0, 0.1) is 0 Å². The molecule has 1 aliphatic rings. The molecule has 1 aliphatic heterocycles. The Labute approximate surface area is 268 Å². The summed E-state index contributed by atoms with van der Waals surface area (Å²) in [5.41, 5.74) is 7.64. The number of hydrogen-bond donors (Lipinski definition) is 3. The molecule has 2 atom stereocenters. The third-order valence-corrected chi connectivity index (χ3v) is 8.53. The summed E-state index contributed by atoms with van der Waals surface area (Å²) in [7, 11) is 3.26. The van der Waals surface area contributed by atoms with E-state index < -0.39 is 12.2 Å². The standard InChI is InChI=1S/C34H38Cl2N4O4/c1-20(41)16-37-17-23-8-9-29(39-34(23)44-4)27-7-5-6-25(31(27)35)26-10-12-38-33(32(26)36)24-14-22-11-13-40(18-21(2)42)19-28(22)30(15-24)43-3/h5-10,12,14-15,20-21,37,41-42H,11,13,16-19H2,1-4H3/t20-,21+/m0/s1. The van der Waals surface area contributed by atoms with Crippen LogP contribution >= 0.6 is 23.2 Å². The van der Waals surface area contributed by atoms with Crippen LogP contribution in [0.3, 0.4) is 0 Å². The Hall–Kier alpha value is -3.24. The first-order valence-corrected chi connectivity index (χ1v) is 15.4. The molecule has 2 aromatic carbocycles. The first-order chi connectivity index (χ1) is 21.2. The molecule has 44 heavy (non-hydrogen) atoms. The summed E-state index contributed by atoms with van der Waals surface area (Å²) in [4.78, 5) is 11.6. The molecule has 5 rings (SSSR count). The van der Waals surface area contributed by atoms with Gasteiger partial charge in [-0.1, -0.05) is 47.5 Å². The predicted octanol–water partition coefficient (Wildman–Crippen LogP) is 6.01. The second-order valence-corrected chi connectivity index (χ2v) is 11.9. The number of benzene rings is 2. The number of pyridine rings is 2.